The Kier molecular flexibility index (Phi) is 4.24. The molecule has 0 saturated carbocycles. The van der Waals surface area contributed by atoms with E-state index in [0.717, 1.165) is 0 Å². The Morgan fingerprint density at radius 2 is 2.40 bits per heavy atom. The van der Waals surface area contributed by atoms with E-state index in [1.54, 1.807) is 22.6 Å². The number of alkyl halides is 1. The van der Waals surface area contributed by atoms with Crippen LogP contribution in [-0.4, -0.2) is 28.5 Å². The summed E-state index contributed by atoms with van der Waals surface area (Å²) in [6.45, 7) is -0.382. The van der Waals surface area contributed by atoms with Crippen molar-refractivity contribution < 1.29 is 14.5 Å². The molecule has 0 radical (unpaired) electrons. The van der Waals surface area contributed by atoms with E-state index in [-0.39, 0.29) is 6.54 Å². The number of carbonyl (C=O) groups is 1. The zero-order valence-corrected chi connectivity index (χ0v) is 7.40. The molecular formula is C4H6INO4. The molecule has 0 spiro atoms. The first kappa shape index (κ1) is 9.60. The lowest BCUT2D eigenvalue weighted by molar-refractivity contribution is -0.476. The number of nitro groups is 1. The van der Waals surface area contributed by atoms with Gasteiger partial charge in [-0.05, 0) is 0 Å². The number of methoxy groups -OCH3 is 1. The summed E-state index contributed by atoms with van der Waals surface area (Å²) in [6, 6.07) is 0. The van der Waals surface area contributed by atoms with E-state index >= 15 is 0 Å². The first-order chi connectivity index (χ1) is 4.57. The highest BCUT2D eigenvalue weighted by atomic mass is 127. The van der Waals surface area contributed by atoms with Crippen LogP contribution in [-0.2, 0) is 9.53 Å². The predicted molar refractivity (Wildman–Crippen MR) is 41.7 cm³/mol. The van der Waals surface area contributed by atoms with Crippen LogP contribution in [0.1, 0.15) is 0 Å². The maximum atomic E-state index is 10.5. The van der Waals surface area contributed by atoms with Gasteiger partial charge in [0.05, 0.1) is 7.11 Å². The van der Waals surface area contributed by atoms with E-state index in [0.29, 0.717) is 0 Å². The average Bonchev–Trinajstić information content (AvgIpc) is 1.85. The topological polar surface area (TPSA) is 69.4 Å². The van der Waals surface area contributed by atoms with Gasteiger partial charge in [0.2, 0.25) is 6.54 Å². The molecule has 58 valence electrons. The molecule has 1 unspecified atom stereocenters. The summed E-state index contributed by atoms with van der Waals surface area (Å²) in [4.78, 5) is 19.8. The molecular weight excluding hydrogens is 253 g/mol. The van der Waals surface area contributed by atoms with Crippen LogP contribution >= 0.6 is 22.6 Å². The minimum absolute atomic E-state index is 0.382. The van der Waals surface area contributed by atoms with Crippen LogP contribution in [0.3, 0.4) is 0 Å². The lowest BCUT2D eigenvalue weighted by atomic mass is 10.4. The summed E-state index contributed by atoms with van der Waals surface area (Å²) in [5.74, 6) is -0.558. The van der Waals surface area contributed by atoms with Gasteiger partial charge in [-0.15, -0.1) is 0 Å². The number of halogens is 1. The molecule has 0 N–H and O–H groups in total. The lowest BCUT2D eigenvalue weighted by Gasteiger charge is -2.00. The molecule has 0 fully saturated rings. The summed E-state index contributed by atoms with van der Waals surface area (Å²) in [5.41, 5.74) is 0. The fraction of sp³-hybridized carbons (Fsp3) is 0.750. The van der Waals surface area contributed by atoms with Crippen LogP contribution in [0.15, 0.2) is 0 Å². The third-order valence-corrected chi connectivity index (χ3v) is 1.67. The molecule has 0 amide bonds. The predicted octanol–water partition coefficient (Wildman–Crippen LogP) is 0.240. The largest absolute Gasteiger partial charge is 0.468 e. The van der Waals surface area contributed by atoms with Gasteiger partial charge in [0.15, 0.2) is 3.92 Å². The fourth-order valence-electron chi connectivity index (χ4n) is 0.333. The Morgan fingerprint density at radius 1 is 1.90 bits per heavy atom. The number of esters is 1. The molecule has 0 aliphatic heterocycles. The molecule has 0 bridgehead atoms. The minimum Gasteiger partial charge on any atom is -0.468 e. The molecule has 0 heterocycles. The zero-order valence-electron chi connectivity index (χ0n) is 5.24. The second-order valence-corrected chi connectivity index (χ2v) is 3.01. The van der Waals surface area contributed by atoms with Gasteiger partial charge < -0.3 is 4.74 Å². The van der Waals surface area contributed by atoms with E-state index in [1.165, 1.54) is 7.11 Å². The van der Waals surface area contributed by atoms with Gasteiger partial charge in [0, 0.05) is 4.92 Å². The van der Waals surface area contributed by atoms with Crippen molar-refractivity contribution in [1.82, 2.24) is 0 Å². The van der Waals surface area contributed by atoms with E-state index in [2.05, 4.69) is 4.74 Å². The first-order valence-corrected chi connectivity index (χ1v) is 3.66. The van der Waals surface area contributed by atoms with Gasteiger partial charge in [-0.2, -0.15) is 0 Å². The van der Waals surface area contributed by atoms with Crippen molar-refractivity contribution in [2.45, 2.75) is 3.92 Å². The molecule has 0 saturated heterocycles. The van der Waals surface area contributed by atoms with E-state index in [4.69, 9.17) is 0 Å². The standard InChI is InChI=1S/C4H6INO4/c1-10-4(7)3(5)2-6(8)9/h3H,2H2,1H3. The molecule has 0 aromatic heterocycles. The molecule has 0 aromatic carbocycles. The molecule has 0 aliphatic carbocycles. The van der Waals surface area contributed by atoms with Gasteiger partial charge in [-0.3, -0.25) is 14.9 Å². The highest BCUT2D eigenvalue weighted by Crippen LogP contribution is 2.01. The molecule has 0 aliphatic rings. The quantitative estimate of drug-likeness (QED) is 0.239. The Labute approximate surface area is 71.0 Å². The Morgan fingerprint density at radius 3 is 2.70 bits per heavy atom. The maximum absolute atomic E-state index is 10.5. The summed E-state index contributed by atoms with van der Waals surface area (Å²) in [5, 5.41) is 9.82. The summed E-state index contributed by atoms with van der Waals surface area (Å²) < 4.78 is 3.58. The number of nitrogens with zero attached hydrogens (tertiary/aromatic N) is 1. The van der Waals surface area contributed by atoms with Crippen molar-refractivity contribution >= 4 is 28.6 Å². The molecule has 5 nitrogen and oxygen atoms in total. The molecule has 6 heteroatoms. The highest BCUT2D eigenvalue weighted by Gasteiger charge is 2.20. The van der Waals surface area contributed by atoms with Crippen molar-refractivity contribution in [1.29, 1.82) is 0 Å². The van der Waals surface area contributed by atoms with Gasteiger partial charge >= 0.3 is 5.97 Å². The van der Waals surface area contributed by atoms with Crippen molar-refractivity contribution in [2.75, 3.05) is 13.7 Å². The Balaban J connectivity index is 3.72. The normalized spacial score (nSPS) is 12.2. The van der Waals surface area contributed by atoms with Crippen LogP contribution in [0, 0.1) is 10.1 Å². The van der Waals surface area contributed by atoms with Gasteiger partial charge in [0.1, 0.15) is 0 Å². The molecule has 1 atom stereocenters. The second kappa shape index (κ2) is 4.42. The lowest BCUT2D eigenvalue weighted by Crippen LogP contribution is -2.23. The third-order valence-electron chi connectivity index (χ3n) is 0.766. The summed E-state index contributed by atoms with van der Waals surface area (Å²) >= 11 is 1.67. The van der Waals surface area contributed by atoms with Crippen LogP contribution in [0.5, 0.6) is 0 Å². The van der Waals surface area contributed by atoms with E-state index in [9.17, 15) is 14.9 Å². The Bertz CT molecular complexity index is 148. The van der Waals surface area contributed by atoms with Crippen LogP contribution in [0.4, 0.5) is 0 Å². The first-order valence-electron chi connectivity index (χ1n) is 2.41. The smallest absolute Gasteiger partial charge is 0.325 e. The van der Waals surface area contributed by atoms with Gasteiger partial charge in [-0.25, -0.2) is 0 Å². The zero-order chi connectivity index (χ0) is 8.15. The number of hydrogen-bond acceptors (Lipinski definition) is 4. The third kappa shape index (κ3) is 3.59. The average molecular weight is 259 g/mol. The molecule has 10 heavy (non-hydrogen) atoms. The van der Waals surface area contributed by atoms with Crippen molar-refractivity contribution in [2.24, 2.45) is 0 Å². The van der Waals surface area contributed by atoms with Crippen molar-refractivity contribution in [3.05, 3.63) is 10.1 Å². The monoisotopic (exact) mass is 259 g/mol. The number of rotatable bonds is 3. The van der Waals surface area contributed by atoms with Crippen LogP contribution in [0.25, 0.3) is 0 Å². The minimum atomic E-state index is -0.683. The van der Waals surface area contributed by atoms with E-state index in [1.807, 2.05) is 0 Å². The molecule has 0 aromatic rings. The number of hydrogen-bond donors (Lipinski definition) is 0. The van der Waals surface area contributed by atoms with Crippen molar-refractivity contribution in [3.63, 3.8) is 0 Å². The second-order valence-electron chi connectivity index (χ2n) is 1.51. The summed E-state index contributed by atoms with van der Waals surface area (Å²) in [6.07, 6.45) is 0. The summed E-state index contributed by atoms with van der Waals surface area (Å²) in [7, 11) is 1.20. The van der Waals surface area contributed by atoms with Crippen LogP contribution < -0.4 is 0 Å². The maximum Gasteiger partial charge on any atom is 0.325 e. The fourth-order valence-corrected chi connectivity index (χ4v) is 0.909. The molecule has 0 rings (SSSR count). The SMILES string of the molecule is COC(=O)C(I)C[N+](=O)[O-]. The highest BCUT2D eigenvalue weighted by molar-refractivity contribution is 14.1. The number of carbonyl (C=O) groups excluding carboxylic acids is 1. The van der Waals surface area contributed by atoms with Gasteiger partial charge in [0.25, 0.3) is 0 Å². The van der Waals surface area contributed by atoms with Crippen molar-refractivity contribution in [3.8, 4) is 0 Å². The Hall–Kier alpha value is -0.400. The van der Waals surface area contributed by atoms with Crippen LogP contribution in [0.2, 0.25) is 0 Å². The van der Waals surface area contributed by atoms with Gasteiger partial charge in [-0.1, -0.05) is 22.6 Å². The van der Waals surface area contributed by atoms with E-state index < -0.39 is 14.8 Å². The number of ether oxygens (including phenoxy) is 1.